The Morgan fingerprint density at radius 3 is 2.11 bits per heavy atom. The number of pyridine rings is 1. The van der Waals surface area contributed by atoms with Gasteiger partial charge in [0.15, 0.2) is 0 Å². The summed E-state index contributed by atoms with van der Waals surface area (Å²) in [5.74, 6) is 0.268. The quantitative estimate of drug-likeness (QED) is 0.526. The SMILES string of the molecule is CCOP(=O)(OCC)Oc1cc[c]([Sn]([CH3])([CH3])[CH3])cn1. The van der Waals surface area contributed by atoms with Crippen LogP contribution >= 0.6 is 7.82 Å². The second-order valence-electron chi connectivity index (χ2n) is 5.01. The maximum absolute atomic E-state index is 12.2. The molecule has 0 saturated heterocycles. The number of aromatic nitrogens is 1. The van der Waals surface area contributed by atoms with Crippen LogP contribution in [0.1, 0.15) is 13.8 Å². The Morgan fingerprint density at radius 2 is 1.74 bits per heavy atom. The van der Waals surface area contributed by atoms with E-state index in [9.17, 15) is 4.57 Å². The van der Waals surface area contributed by atoms with Gasteiger partial charge in [-0.15, -0.1) is 0 Å². The molecule has 0 aliphatic heterocycles. The Morgan fingerprint density at radius 1 is 1.16 bits per heavy atom. The molecule has 108 valence electrons. The van der Waals surface area contributed by atoms with E-state index in [2.05, 4.69) is 19.8 Å². The van der Waals surface area contributed by atoms with Crippen LogP contribution in [0.5, 0.6) is 5.88 Å². The molecule has 5 nitrogen and oxygen atoms in total. The number of hydrogen-bond acceptors (Lipinski definition) is 5. The van der Waals surface area contributed by atoms with Crippen molar-refractivity contribution < 1.29 is 18.1 Å². The predicted molar refractivity (Wildman–Crippen MR) is 78.7 cm³/mol. The molecule has 0 N–H and O–H groups in total. The molecule has 0 atom stereocenters. The van der Waals surface area contributed by atoms with Crippen molar-refractivity contribution in [1.29, 1.82) is 0 Å². The van der Waals surface area contributed by atoms with Crippen molar-refractivity contribution in [2.45, 2.75) is 28.7 Å². The van der Waals surface area contributed by atoms with Gasteiger partial charge in [-0.1, -0.05) is 0 Å². The van der Waals surface area contributed by atoms with Crippen molar-refractivity contribution in [1.82, 2.24) is 4.98 Å². The van der Waals surface area contributed by atoms with Crippen molar-refractivity contribution in [2.24, 2.45) is 0 Å². The summed E-state index contributed by atoms with van der Waals surface area (Å²) >= 11 is -2.11. The summed E-state index contributed by atoms with van der Waals surface area (Å²) in [6.07, 6.45) is 1.80. The summed E-state index contributed by atoms with van der Waals surface area (Å²) in [5, 5.41) is 0. The maximum atomic E-state index is 12.2. The molecular formula is C12H22NO4PSn. The molecule has 1 rings (SSSR count). The Bertz CT molecular complexity index is 434. The summed E-state index contributed by atoms with van der Waals surface area (Å²) < 4.78 is 28.8. The molecule has 0 fully saturated rings. The van der Waals surface area contributed by atoms with Crippen LogP contribution in [0.4, 0.5) is 0 Å². The average molecular weight is 394 g/mol. The zero-order valence-corrected chi connectivity index (χ0v) is 15.9. The molecule has 1 heterocycles. The monoisotopic (exact) mass is 395 g/mol. The average Bonchev–Trinajstić information content (AvgIpc) is 2.28. The molecule has 0 bridgehead atoms. The Kier molecular flexibility index (Phi) is 6.30. The minimum absolute atomic E-state index is 0.258. The van der Waals surface area contributed by atoms with Gasteiger partial charge in [0.25, 0.3) is 0 Å². The predicted octanol–water partition coefficient (Wildman–Crippen LogP) is 3.19. The van der Waals surface area contributed by atoms with E-state index in [1.54, 1.807) is 26.1 Å². The van der Waals surface area contributed by atoms with E-state index in [0.717, 1.165) is 0 Å². The van der Waals surface area contributed by atoms with Gasteiger partial charge in [-0.3, -0.25) is 0 Å². The van der Waals surface area contributed by atoms with Crippen LogP contribution in [-0.2, 0) is 13.6 Å². The number of nitrogens with zero attached hydrogens (tertiary/aromatic N) is 1. The van der Waals surface area contributed by atoms with Crippen LogP contribution in [-0.4, -0.2) is 36.6 Å². The van der Waals surface area contributed by atoms with Gasteiger partial charge in [-0.05, 0) is 0 Å². The van der Waals surface area contributed by atoms with Crippen molar-refractivity contribution in [3.8, 4) is 5.88 Å². The molecule has 0 unspecified atom stereocenters. The minimum atomic E-state index is -3.54. The van der Waals surface area contributed by atoms with Crippen LogP contribution in [0.2, 0.25) is 14.8 Å². The first-order valence-electron chi connectivity index (χ1n) is 6.36. The third kappa shape index (κ3) is 5.42. The zero-order chi connectivity index (χ0) is 14.5. The van der Waals surface area contributed by atoms with E-state index in [1.807, 2.05) is 6.07 Å². The van der Waals surface area contributed by atoms with E-state index in [4.69, 9.17) is 13.6 Å². The van der Waals surface area contributed by atoms with Crippen LogP contribution < -0.4 is 8.10 Å². The summed E-state index contributed by atoms with van der Waals surface area (Å²) in [6, 6.07) is 3.71. The molecule has 0 spiro atoms. The van der Waals surface area contributed by atoms with Gasteiger partial charge in [0.05, 0.1) is 0 Å². The van der Waals surface area contributed by atoms with Crippen molar-refractivity contribution in [3.05, 3.63) is 18.3 Å². The van der Waals surface area contributed by atoms with Crippen LogP contribution in [0.3, 0.4) is 0 Å². The summed E-state index contributed by atoms with van der Waals surface area (Å²) in [7, 11) is -3.54. The van der Waals surface area contributed by atoms with Gasteiger partial charge >= 0.3 is 119 Å². The van der Waals surface area contributed by atoms with Gasteiger partial charge in [-0.25, -0.2) is 0 Å². The van der Waals surface area contributed by atoms with Gasteiger partial charge in [0.1, 0.15) is 0 Å². The van der Waals surface area contributed by atoms with Crippen molar-refractivity contribution in [3.63, 3.8) is 0 Å². The van der Waals surface area contributed by atoms with Gasteiger partial charge < -0.3 is 0 Å². The van der Waals surface area contributed by atoms with E-state index in [1.165, 1.54) is 3.58 Å². The molecule has 1 aromatic heterocycles. The fourth-order valence-corrected chi connectivity index (χ4v) is 5.50. The molecule has 0 aromatic carbocycles. The van der Waals surface area contributed by atoms with Gasteiger partial charge in [0, 0.05) is 0 Å². The first-order valence-corrected chi connectivity index (χ1v) is 17.8. The fraction of sp³-hybridized carbons (Fsp3) is 0.583. The van der Waals surface area contributed by atoms with Gasteiger partial charge in [-0.2, -0.15) is 0 Å². The molecule has 0 saturated carbocycles. The third-order valence-corrected chi connectivity index (χ3v) is 9.73. The molecule has 1 aromatic rings. The zero-order valence-electron chi connectivity index (χ0n) is 12.2. The second kappa shape index (κ2) is 7.06. The van der Waals surface area contributed by atoms with Gasteiger partial charge in [0.2, 0.25) is 0 Å². The van der Waals surface area contributed by atoms with Crippen LogP contribution in [0.25, 0.3) is 0 Å². The molecule has 0 radical (unpaired) electrons. The summed E-state index contributed by atoms with van der Waals surface area (Å²) in [5.41, 5.74) is 0. The first-order chi connectivity index (χ1) is 8.80. The molecular weight excluding hydrogens is 372 g/mol. The third-order valence-electron chi connectivity index (χ3n) is 2.38. The Balaban J connectivity index is 2.84. The normalized spacial score (nSPS) is 12.5. The molecule has 19 heavy (non-hydrogen) atoms. The molecule has 0 aliphatic rings. The number of phosphoric acid groups is 1. The van der Waals surface area contributed by atoms with Crippen molar-refractivity contribution >= 4 is 29.8 Å². The number of rotatable bonds is 7. The Labute approximate surface area is 119 Å². The van der Waals surface area contributed by atoms with Crippen LogP contribution in [0.15, 0.2) is 18.3 Å². The van der Waals surface area contributed by atoms with E-state index in [0.29, 0.717) is 0 Å². The van der Waals surface area contributed by atoms with Crippen LogP contribution in [0, 0.1) is 0 Å². The van der Waals surface area contributed by atoms with E-state index in [-0.39, 0.29) is 19.1 Å². The van der Waals surface area contributed by atoms with E-state index < -0.39 is 26.2 Å². The topological polar surface area (TPSA) is 57.7 Å². The molecule has 0 amide bonds. The molecule has 0 aliphatic carbocycles. The summed E-state index contributed by atoms with van der Waals surface area (Å²) in [4.78, 5) is 11.1. The standard InChI is InChI=1S/C9H13NO4P.3CH3.Sn/c1-3-12-15(11,13-4-2)14-9-7-5-6-8-10-9;;;;/h5,7-8H,3-4H2,1-2H3;3*1H3;. The Hall–Kier alpha value is -0.101. The number of hydrogen-bond donors (Lipinski definition) is 0. The number of phosphoric ester groups is 1. The summed E-state index contributed by atoms with van der Waals surface area (Å²) in [6.45, 7) is 3.99. The fourth-order valence-electron chi connectivity index (χ4n) is 1.40. The van der Waals surface area contributed by atoms with E-state index >= 15 is 0 Å². The first kappa shape index (κ1) is 17.0. The second-order valence-corrected chi connectivity index (χ2v) is 21.1. The van der Waals surface area contributed by atoms with Crippen molar-refractivity contribution in [2.75, 3.05) is 13.2 Å². The molecule has 7 heteroatoms.